The molecule has 0 spiro atoms. The second-order valence-electron chi connectivity index (χ2n) is 5.40. The summed E-state index contributed by atoms with van der Waals surface area (Å²) in [7, 11) is 0. The maximum absolute atomic E-state index is 9.66. The van der Waals surface area contributed by atoms with Gasteiger partial charge in [0.05, 0.1) is 5.60 Å². The lowest BCUT2D eigenvalue weighted by Gasteiger charge is -2.23. The van der Waals surface area contributed by atoms with Crippen molar-refractivity contribution in [1.82, 2.24) is 5.32 Å². The smallest absolute Gasteiger partial charge is 0.0715 e. The molecule has 1 aromatic carbocycles. The summed E-state index contributed by atoms with van der Waals surface area (Å²) in [5.74, 6) is 0. The summed E-state index contributed by atoms with van der Waals surface area (Å²) in [6, 6.07) is 6.46. The second kappa shape index (κ2) is 5.07. The number of fused-ring (bicyclic) bond motifs is 1. The Morgan fingerprint density at radius 2 is 2.24 bits per heavy atom. The number of benzene rings is 1. The van der Waals surface area contributed by atoms with E-state index in [0.29, 0.717) is 6.54 Å². The molecule has 2 rings (SSSR count). The highest BCUT2D eigenvalue weighted by Crippen LogP contribution is 2.25. The summed E-state index contributed by atoms with van der Waals surface area (Å²) in [5.41, 5.74) is 3.36. The van der Waals surface area contributed by atoms with Crippen LogP contribution in [0.2, 0.25) is 0 Å². The third-order valence-electron chi connectivity index (χ3n) is 3.03. The fourth-order valence-electron chi connectivity index (χ4n) is 2.23. The van der Waals surface area contributed by atoms with E-state index in [9.17, 15) is 5.11 Å². The van der Waals surface area contributed by atoms with Crippen LogP contribution in [0.15, 0.2) is 18.2 Å². The minimum atomic E-state index is -0.651. The van der Waals surface area contributed by atoms with Gasteiger partial charge in [-0.2, -0.15) is 0 Å². The number of rotatable bonds is 4. The summed E-state index contributed by atoms with van der Waals surface area (Å²) in [6.07, 6.45) is 2.38. The fraction of sp³-hybridized carbons (Fsp3) is 0.571. The van der Waals surface area contributed by atoms with Gasteiger partial charge >= 0.3 is 0 Å². The molecule has 3 nitrogen and oxygen atoms in total. The summed E-state index contributed by atoms with van der Waals surface area (Å²) in [6.45, 7) is 6.11. The van der Waals surface area contributed by atoms with Gasteiger partial charge in [-0.05, 0) is 37.8 Å². The molecule has 0 amide bonds. The number of anilines is 1. The summed E-state index contributed by atoms with van der Waals surface area (Å²) >= 11 is 0. The molecule has 1 aliphatic heterocycles. The number of aliphatic hydroxyl groups is 1. The molecule has 0 aromatic heterocycles. The summed E-state index contributed by atoms with van der Waals surface area (Å²) in [4.78, 5) is 0. The van der Waals surface area contributed by atoms with Gasteiger partial charge in [0.2, 0.25) is 0 Å². The van der Waals surface area contributed by atoms with Crippen LogP contribution in [0.5, 0.6) is 0 Å². The van der Waals surface area contributed by atoms with Crippen LogP contribution in [-0.2, 0) is 13.0 Å². The number of para-hydroxylation sites is 1. The van der Waals surface area contributed by atoms with E-state index in [0.717, 1.165) is 13.1 Å². The van der Waals surface area contributed by atoms with Gasteiger partial charge in [-0.3, -0.25) is 0 Å². The van der Waals surface area contributed by atoms with Crippen LogP contribution in [0, 0.1) is 0 Å². The highest BCUT2D eigenvalue weighted by molar-refractivity contribution is 5.59. The molecule has 1 aliphatic rings. The molecular formula is C14H22N2O. The molecule has 0 saturated heterocycles. The van der Waals surface area contributed by atoms with Crippen LogP contribution in [0.1, 0.15) is 31.4 Å². The van der Waals surface area contributed by atoms with E-state index in [1.54, 1.807) is 0 Å². The van der Waals surface area contributed by atoms with Gasteiger partial charge in [0, 0.05) is 25.3 Å². The van der Waals surface area contributed by atoms with E-state index < -0.39 is 5.60 Å². The van der Waals surface area contributed by atoms with E-state index in [1.807, 2.05) is 13.8 Å². The Bertz CT molecular complexity index is 382. The monoisotopic (exact) mass is 234 g/mol. The van der Waals surface area contributed by atoms with Crippen LogP contribution in [0.4, 0.5) is 5.69 Å². The first-order chi connectivity index (χ1) is 8.06. The summed E-state index contributed by atoms with van der Waals surface area (Å²) in [5, 5.41) is 16.4. The third-order valence-corrected chi connectivity index (χ3v) is 3.03. The minimum absolute atomic E-state index is 0.608. The average molecular weight is 234 g/mol. The number of hydrogen-bond acceptors (Lipinski definition) is 3. The molecule has 0 bridgehead atoms. The van der Waals surface area contributed by atoms with Crippen molar-refractivity contribution in [3.05, 3.63) is 29.3 Å². The standard InChI is InChI=1S/C14H22N2O/c1-14(2,17)10-15-9-12-6-3-5-11-7-4-8-16-13(11)12/h3,5-6,15-17H,4,7-10H2,1-2H3. The Morgan fingerprint density at radius 1 is 1.41 bits per heavy atom. The van der Waals surface area contributed by atoms with Crippen LogP contribution in [0.3, 0.4) is 0 Å². The molecule has 1 aromatic rings. The zero-order valence-electron chi connectivity index (χ0n) is 10.7. The van der Waals surface area contributed by atoms with Crippen LogP contribution < -0.4 is 10.6 Å². The van der Waals surface area contributed by atoms with Crippen molar-refractivity contribution in [1.29, 1.82) is 0 Å². The fourth-order valence-corrected chi connectivity index (χ4v) is 2.23. The van der Waals surface area contributed by atoms with Crippen molar-refractivity contribution >= 4 is 5.69 Å². The first-order valence-electron chi connectivity index (χ1n) is 6.34. The van der Waals surface area contributed by atoms with Gasteiger partial charge < -0.3 is 15.7 Å². The Hall–Kier alpha value is -1.06. The largest absolute Gasteiger partial charge is 0.389 e. The molecule has 0 atom stereocenters. The van der Waals surface area contributed by atoms with Gasteiger partial charge in [0.25, 0.3) is 0 Å². The molecule has 0 unspecified atom stereocenters. The van der Waals surface area contributed by atoms with E-state index in [2.05, 4.69) is 28.8 Å². The van der Waals surface area contributed by atoms with Crippen LogP contribution in [0.25, 0.3) is 0 Å². The molecule has 1 heterocycles. The zero-order valence-corrected chi connectivity index (χ0v) is 10.7. The highest BCUT2D eigenvalue weighted by Gasteiger charge is 2.14. The van der Waals surface area contributed by atoms with Crippen LogP contribution >= 0.6 is 0 Å². The Balaban J connectivity index is 2.01. The van der Waals surface area contributed by atoms with E-state index in [1.165, 1.54) is 29.7 Å². The molecule has 0 aliphatic carbocycles. The minimum Gasteiger partial charge on any atom is -0.389 e. The Morgan fingerprint density at radius 3 is 3.00 bits per heavy atom. The van der Waals surface area contributed by atoms with Crippen molar-refractivity contribution in [3.8, 4) is 0 Å². The lowest BCUT2D eigenvalue weighted by Crippen LogP contribution is -2.34. The molecular weight excluding hydrogens is 212 g/mol. The molecule has 17 heavy (non-hydrogen) atoms. The molecule has 0 fully saturated rings. The molecule has 0 radical (unpaired) electrons. The van der Waals surface area contributed by atoms with Gasteiger partial charge in [-0.25, -0.2) is 0 Å². The average Bonchev–Trinajstić information content (AvgIpc) is 2.28. The third kappa shape index (κ3) is 3.45. The van der Waals surface area contributed by atoms with E-state index in [-0.39, 0.29) is 0 Å². The topological polar surface area (TPSA) is 44.3 Å². The van der Waals surface area contributed by atoms with E-state index >= 15 is 0 Å². The van der Waals surface area contributed by atoms with Crippen molar-refractivity contribution in [2.24, 2.45) is 0 Å². The predicted octanol–water partition coefficient (Wildman–Crippen LogP) is 1.91. The van der Waals surface area contributed by atoms with Crippen LogP contribution in [-0.4, -0.2) is 23.8 Å². The Labute approximate surface area is 103 Å². The van der Waals surface area contributed by atoms with Crippen molar-refractivity contribution in [3.63, 3.8) is 0 Å². The van der Waals surface area contributed by atoms with Gasteiger partial charge in [0.15, 0.2) is 0 Å². The number of hydrogen-bond donors (Lipinski definition) is 3. The summed E-state index contributed by atoms with van der Waals surface area (Å²) < 4.78 is 0. The first kappa shape index (κ1) is 12.4. The molecule has 3 heteroatoms. The first-order valence-corrected chi connectivity index (χ1v) is 6.34. The van der Waals surface area contributed by atoms with Gasteiger partial charge in [-0.1, -0.05) is 18.2 Å². The molecule has 3 N–H and O–H groups in total. The maximum atomic E-state index is 9.66. The lowest BCUT2D eigenvalue weighted by molar-refractivity contribution is 0.0795. The maximum Gasteiger partial charge on any atom is 0.0715 e. The number of aryl methyl sites for hydroxylation is 1. The number of nitrogens with one attached hydrogen (secondary N) is 2. The van der Waals surface area contributed by atoms with Crippen molar-refractivity contribution in [2.45, 2.75) is 38.8 Å². The zero-order chi connectivity index (χ0) is 12.3. The van der Waals surface area contributed by atoms with Gasteiger partial charge in [-0.15, -0.1) is 0 Å². The molecule has 94 valence electrons. The van der Waals surface area contributed by atoms with Crippen molar-refractivity contribution < 1.29 is 5.11 Å². The van der Waals surface area contributed by atoms with E-state index in [4.69, 9.17) is 0 Å². The second-order valence-corrected chi connectivity index (χ2v) is 5.40. The Kier molecular flexibility index (Phi) is 3.69. The lowest BCUT2D eigenvalue weighted by atomic mass is 9.99. The highest BCUT2D eigenvalue weighted by atomic mass is 16.3. The SMILES string of the molecule is CC(C)(O)CNCc1cccc2c1NCCC2. The molecule has 0 saturated carbocycles. The quantitative estimate of drug-likeness (QED) is 0.745. The predicted molar refractivity (Wildman–Crippen MR) is 71.3 cm³/mol. The van der Waals surface area contributed by atoms with Crippen molar-refractivity contribution in [2.75, 3.05) is 18.4 Å². The normalized spacial score (nSPS) is 15.2. The van der Waals surface area contributed by atoms with Gasteiger partial charge in [0.1, 0.15) is 0 Å².